The Balaban J connectivity index is 1.58. The molecule has 246 valence electrons. The van der Waals surface area contributed by atoms with Gasteiger partial charge in [-0.3, -0.25) is 14.4 Å². The Bertz CT molecular complexity index is 1460. The zero-order chi connectivity index (χ0) is 33.2. The van der Waals surface area contributed by atoms with Crippen molar-refractivity contribution >= 4 is 29.1 Å². The van der Waals surface area contributed by atoms with Crippen molar-refractivity contribution < 1.29 is 33.7 Å². The molecule has 1 spiro atoms. The normalized spacial score (nSPS) is 27.7. The van der Waals surface area contributed by atoms with Crippen LogP contribution >= 0.6 is 0 Å². The smallest absolute Gasteiger partial charge is 0.253 e. The lowest BCUT2D eigenvalue weighted by molar-refractivity contribution is -0.146. The van der Waals surface area contributed by atoms with E-state index in [0.717, 1.165) is 0 Å². The molecule has 2 bridgehead atoms. The van der Waals surface area contributed by atoms with Crippen molar-refractivity contribution in [1.82, 2.24) is 4.90 Å². The van der Waals surface area contributed by atoms with E-state index < -0.39 is 29.1 Å². The Kier molecular flexibility index (Phi) is 9.60. The summed E-state index contributed by atoms with van der Waals surface area (Å²) in [4.78, 5) is 48.8. The molecule has 0 saturated carbocycles. The minimum Gasteiger partial charge on any atom is -0.497 e. The highest BCUT2D eigenvalue weighted by atomic mass is 16.5. The van der Waals surface area contributed by atoms with Crippen molar-refractivity contribution in [2.75, 3.05) is 49.8 Å². The number of hydrogen-bond donors (Lipinski definition) is 1. The Morgan fingerprint density at radius 3 is 2.11 bits per heavy atom. The van der Waals surface area contributed by atoms with Gasteiger partial charge in [0.25, 0.3) is 5.91 Å². The monoisotopic (exact) mass is 631 g/mol. The first-order chi connectivity index (χ1) is 22.1. The summed E-state index contributed by atoms with van der Waals surface area (Å²) in [6.07, 6.45) is 4.01. The molecule has 2 aromatic carbocycles. The van der Waals surface area contributed by atoms with Crippen molar-refractivity contribution in [3.8, 4) is 11.5 Å². The largest absolute Gasteiger partial charge is 0.497 e. The maximum atomic E-state index is 14.8. The second-order valence-electron chi connectivity index (χ2n) is 12.4. The summed E-state index contributed by atoms with van der Waals surface area (Å²) in [5, 5.41) is 9.76. The van der Waals surface area contributed by atoms with Crippen LogP contribution in [0.2, 0.25) is 0 Å². The molecular weight excluding hydrogens is 586 g/mol. The lowest BCUT2D eigenvalue weighted by Crippen LogP contribution is -2.57. The number of aliphatic hydroxyl groups is 1. The van der Waals surface area contributed by atoms with E-state index in [-0.39, 0.29) is 56.3 Å². The van der Waals surface area contributed by atoms with E-state index in [1.54, 1.807) is 53.3 Å². The molecule has 3 aliphatic rings. The average molecular weight is 632 g/mol. The molecule has 5 rings (SSSR count). The summed E-state index contributed by atoms with van der Waals surface area (Å²) >= 11 is 0. The number of likely N-dealkylation sites (tertiary alicyclic amines) is 1. The van der Waals surface area contributed by atoms with E-state index in [4.69, 9.17) is 14.2 Å². The van der Waals surface area contributed by atoms with Crippen LogP contribution in [0.1, 0.15) is 33.6 Å². The first-order valence-corrected chi connectivity index (χ1v) is 15.9. The number of carbonyl (C=O) groups is 3. The van der Waals surface area contributed by atoms with Gasteiger partial charge in [-0.05, 0) is 81.1 Å². The van der Waals surface area contributed by atoms with Gasteiger partial charge in [-0.15, -0.1) is 13.2 Å². The van der Waals surface area contributed by atoms with E-state index in [1.807, 2.05) is 45.0 Å². The second-order valence-corrected chi connectivity index (χ2v) is 12.4. The number of carbonyl (C=O) groups excluding carboxylic acids is 3. The number of ether oxygens (including phenoxy) is 3. The number of nitrogens with zero attached hydrogens (tertiary/aromatic N) is 3. The zero-order valence-electron chi connectivity index (χ0n) is 27.2. The van der Waals surface area contributed by atoms with Gasteiger partial charge >= 0.3 is 0 Å². The third-order valence-electron chi connectivity index (χ3n) is 9.87. The molecule has 3 amide bonds. The molecule has 10 nitrogen and oxygen atoms in total. The van der Waals surface area contributed by atoms with Crippen molar-refractivity contribution in [2.24, 2.45) is 17.8 Å². The topological polar surface area (TPSA) is 109 Å². The number of benzene rings is 2. The van der Waals surface area contributed by atoms with Crippen LogP contribution in [0, 0.1) is 17.8 Å². The summed E-state index contributed by atoms with van der Waals surface area (Å²) in [6, 6.07) is 13.4. The van der Waals surface area contributed by atoms with E-state index in [9.17, 15) is 19.5 Å². The van der Waals surface area contributed by atoms with Gasteiger partial charge in [0.1, 0.15) is 23.1 Å². The highest BCUT2D eigenvalue weighted by Crippen LogP contribution is 2.65. The molecule has 0 aromatic heterocycles. The summed E-state index contributed by atoms with van der Waals surface area (Å²) in [7, 11) is 1.57. The maximum absolute atomic E-state index is 14.8. The molecule has 46 heavy (non-hydrogen) atoms. The fourth-order valence-electron chi connectivity index (χ4n) is 7.75. The van der Waals surface area contributed by atoms with Gasteiger partial charge < -0.3 is 34.0 Å². The standard InChI is InChI=1S/C36H45N3O7/c1-7-19-37(25-13-17-28(18-14-25)45-9-3)32(41)29-30-33(42)39(21-10-22-40)31(36(30)23-24(4)35(29,5)46-36)34(43)38(20-8-2)26-11-15-27(44-6)16-12-26/h7-8,11-18,24,29-31,40H,1-2,9-10,19-23H2,3-6H3/t24?,29-,30-,31?,35+,36?/m0/s1. The van der Waals surface area contributed by atoms with Gasteiger partial charge in [-0.25, -0.2) is 0 Å². The van der Waals surface area contributed by atoms with Gasteiger partial charge in [0, 0.05) is 37.6 Å². The van der Waals surface area contributed by atoms with Crippen molar-refractivity contribution in [3.63, 3.8) is 0 Å². The predicted octanol–water partition coefficient (Wildman–Crippen LogP) is 4.23. The molecule has 0 radical (unpaired) electrons. The highest BCUT2D eigenvalue weighted by molar-refractivity contribution is 6.07. The van der Waals surface area contributed by atoms with Crippen LogP contribution in [-0.4, -0.2) is 84.9 Å². The summed E-state index contributed by atoms with van der Waals surface area (Å²) in [5.74, 6) is -1.41. The molecule has 10 heteroatoms. The van der Waals surface area contributed by atoms with Crippen LogP contribution in [0.15, 0.2) is 73.8 Å². The molecule has 1 N–H and O–H groups in total. The molecule has 3 fully saturated rings. The fraction of sp³-hybridized carbons (Fsp3) is 0.472. The number of fused-ring (bicyclic) bond motifs is 1. The third kappa shape index (κ3) is 5.37. The SMILES string of the molecule is C=CCN(C(=O)C1N(CCCO)C(=O)[C@@H]2[C@@H](C(=O)N(CC=C)c3ccc(OCC)cc3)[C@]3(C)OC12CC3C)c1ccc(OC)cc1. The van der Waals surface area contributed by atoms with Crippen LogP contribution in [0.5, 0.6) is 11.5 Å². The number of methoxy groups -OCH3 is 1. The number of aliphatic hydroxyl groups excluding tert-OH is 1. The lowest BCUT2D eigenvalue weighted by Gasteiger charge is -2.39. The minimum absolute atomic E-state index is 0.127. The first-order valence-electron chi connectivity index (χ1n) is 15.9. The number of rotatable bonds is 14. The highest BCUT2D eigenvalue weighted by Gasteiger charge is 2.80. The second kappa shape index (κ2) is 13.3. The molecule has 3 heterocycles. The number of amides is 3. The molecule has 3 aliphatic heterocycles. The quantitative estimate of drug-likeness (QED) is 0.311. The molecule has 3 saturated heterocycles. The zero-order valence-corrected chi connectivity index (χ0v) is 27.2. The minimum atomic E-state index is -1.23. The van der Waals surface area contributed by atoms with Gasteiger partial charge in [0.2, 0.25) is 11.8 Å². The Labute approximate surface area is 271 Å². The maximum Gasteiger partial charge on any atom is 0.253 e. The molecular formula is C36H45N3O7. The van der Waals surface area contributed by atoms with Crippen molar-refractivity contribution in [3.05, 3.63) is 73.8 Å². The van der Waals surface area contributed by atoms with Gasteiger partial charge in [0.05, 0.1) is 31.2 Å². The Hall–Kier alpha value is -4.15. The summed E-state index contributed by atoms with van der Waals surface area (Å²) in [5.41, 5.74) is -0.962. The Morgan fingerprint density at radius 1 is 1.02 bits per heavy atom. The predicted molar refractivity (Wildman–Crippen MR) is 176 cm³/mol. The van der Waals surface area contributed by atoms with Gasteiger partial charge in [0.15, 0.2) is 0 Å². The van der Waals surface area contributed by atoms with Gasteiger partial charge in [-0.2, -0.15) is 0 Å². The number of hydrogen-bond acceptors (Lipinski definition) is 7. The van der Waals surface area contributed by atoms with E-state index in [0.29, 0.717) is 35.9 Å². The summed E-state index contributed by atoms with van der Waals surface area (Å²) in [6.45, 7) is 14.5. The van der Waals surface area contributed by atoms with Crippen LogP contribution in [0.4, 0.5) is 11.4 Å². The van der Waals surface area contributed by atoms with E-state index in [1.165, 1.54) is 4.90 Å². The first kappa shape index (κ1) is 33.2. The Morgan fingerprint density at radius 2 is 1.59 bits per heavy atom. The van der Waals surface area contributed by atoms with E-state index >= 15 is 0 Å². The number of anilines is 2. The van der Waals surface area contributed by atoms with Crippen LogP contribution in [0.3, 0.4) is 0 Å². The van der Waals surface area contributed by atoms with Crippen molar-refractivity contribution in [1.29, 1.82) is 0 Å². The lowest BCUT2D eigenvalue weighted by atomic mass is 9.62. The average Bonchev–Trinajstić information content (AvgIpc) is 3.57. The van der Waals surface area contributed by atoms with Crippen LogP contribution < -0.4 is 19.3 Å². The van der Waals surface area contributed by atoms with Crippen LogP contribution in [-0.2, 0) is 19.1 Å². The fourth-order valence-corrected chi connectivity index (χ4v) is 7.75. The molecule has 2 aromatic rings. The van der Waals surface area contributed by atoms with Gasteiger partial charge in [-0.1, -0.05) is 19.1 Å². The summed E-state index contributed by atoms with van der Waals surface area (Å²) < 4.78 is 17.8. The molecule has 3 unspecified atom stereocenters. The van der Waals surface area contributed by atoms with E-state index in [2.05, 4.69) is 13.2 Å². The van der Waals surface area contributed by atoms with Crippen molar-refractivity contribution in [2.45, 2.75) is 50.9 Å². The third-order valence-corrected chi connectivity index (χ3v) is 9.87. The molecule has 6 atom stereocenters. The van der Waals surface area contributed by atoms with Crippen LogP contribution in [0.25, 0.3) is 0 Å². The molecule has 0 aliphatic carbocycles.